The van der Waals surface area contributed by atoms with Gasteiger partial charge in [-0.05, 0) is 59.2 Å². The molecule has 0 aliphatic carbocycles. The van der Waals surface area contributed by atoms with Crippen LogP contribution in [0.4, 0.5) is 0 Å². The fourth-order valence-corrected chi connectivity index (χ4v) is 3.53. The molecule has 0 bridgehead atoms. The van der Waals surface area contributed by atoms with E-state index in [4.69, 9.17) is 0 Å². The first-order valence-electron chi connectivity index (χ1n) is 7.99. The van der Waals surface area contributed by atoms with Gasteiger partial charge in [-0.1, -0.05) is 6.92 Å². The lowest BCUT2D eigenvalue weighted by molar-refractivity contribution is 0.168. The van der Waals surface area contributed by atoms with Crippen LogP contribution in [-0.2, 0) is 7.05 Å². The number of aryl methyl sites for hydroxylation is 2. The minimum atomic E-state index is 0.462. The largest absolute Gasteiger partial charge is 0.317 e. The Kier molecular flexibility index (Phi) is 5.22. The number of nitrogens with zero attached hydrogens (tertiary/aromatic N) is 3. The Morgan fingerprint density at radius 2 is 2.00 bits per heavy atom. The van der Waals surface area contributed by atoms with E-state index in [2.05, 4.69) is 43.0 Å². The molecule has 4 heteroatoms. The number of hydrogen-bond acceptors (Lipinski definition) is 3. The maximum absolute atomic E-state index is 4.58. The Bertz CT molecular complexity index is 432. The third-order valence-corrected chi connectivity index (χ3v) is 4.89. The van der Waals surface area contributed by atoms with E-state index < -0.39 is 0 Å². The van der Waals surface area contributed by atoms with Crippen LogP contribution in [0.15, 0.2) is 0 Å². The van der Waals surface area contributed by atoms with Crippen molar-refractivity contribution in [1.82, 2.24) is 20.0 Å². The third-order valence-electron chi connectivity index (χ3n) is 4.89. The quantitative estimate of drug-likeness (QED) is 0.898. The summed E-state index contributed by atoms with van der Waals surface area (Å²) in [4.78, 5) is 2.62. The predicted octanol–water partition coefficient (Wildman–Crippen LogP) is 2.42. The third kappa shape index (κ3) is 3.23. The first-order chi connectivity index (χ1) is 9.54. The van der Waals surface area contributed by atoms with E-state index in [0.717, 1.165) is 12.5 Å². The first-order valence-corrected chi connectivity index (χ1v) is 7.99. The lowest BCUT2D eigenvalue weighted by Crippen LogP contribution is -2.37. The molecular formula is C16H30N4. The van der Waals surface area contributed by atoms with Gasteiger partial charge in [0.25, 0.3) is 0 Å². The normalized spacial score (nSPS) is 18.7. The highest BCUT2D eigenvalue weighted by molar-refractivity contribution is 5.27. The van der Waals surface area contributed by atoms with Gasteiger partial charge in [-0.25, -0.2) is 0 Å². The fraction of sp³-hybridized carbons (Fsp3) is 0.812. The second kappa shape index (κ2) is 6.72. The number of aromatic nitrogens is 2. The summed E-state index contributed by atoms with van der Waals surface area (Å²) >= 11 is 0. The average Bonchev–Trinajstić information content (AvgIpc) is 2.70. The zero-order chi connectivity index (χ0) is 14.7. The van der Waals surface area contributed by atoms with Crippen molar-refractivity contribution in [3.8, 4) is 0 Å². The smallest absolute Gasteiger partial charge is 0.0644 e. The molecule has 0 aromatic carbocycles. The van der Waals surface area contributed by atoms with Crippen LogP contribution in [0.25, 0.3) is 0 Å². The maximum Gasteiger partial charge on any atom is 0.0644 e. The van der Waals surface area contributed by atoms with Crippen molar-refractivity contribution in [2.24, 2.45) is 13.0 Å². The Morgan fingerprint density at radius 3 is 2.50 bits per heavy atom. The monoisotopic (exact) mass is 278 g/mol. The van der Waals surface area contributed by atoms with E-state index in [1.165, 1.54) is 49.4 Å². The first kappa shape index (κ1) is 15.5. The van der Waals surface area contributed by atoms with Gasteiger partial charge in [-0.15, -0.1) is 0 Å². The Balaban J connectivity index is 2.09. The van der Waals surface area contributed by atoms with Gasteiger partial charge >= 0.3 is 0 Å². The average molecular weight is 278 g/mol. The number of rotatable bonds is 5. The molecule has 1 aliphatic rings. The second-order valence-corrected chi connectivity index (χ2v) is 6.17. The van der Waals surface area contributed by atoms with Crippen LogP contribution < -0.4 is 5.32 Å². The van der Waals surface area contributed by atoms with Crippen LogP contribution in [-0.4, -0.2) is 40.9 Å². The summed E-state index contributed by atoms with van der Waals surface area (Å²) < 4.78 is 2.01. The predicted molar refractivity (Wildman–Crippen MR) is 83.9 cm³/mol. The van der Waals surface area contributed by atoms with Crippen LogP contribution in [0.5, 0.6) is 0 Å². The van der Waals surface area contributed by atoms with Crippen molar-refractivity contribution in [3.63, 3.8) is 0 Å². The highest BCUT2D eigenvalue weighted by Gasteiger charge is 2.24. The SMILES string of the molecule is CCN(CC1CCNCC1)C(C)c1c(C)nn(C)c1C. The van der Waals surface area contributed by atoms with Gasteiger partial charge in [0.05, 0.1) is 5.69 Å². The molecule has 1 unspecified atom stereocenters. The van der Waals surface area contributed by atoms with E-state index in [9.17, 15) is 0 Å². The van der Waals surface area contributed by atoms with Crippen molar-refractivity contribution < 1.29 is 0 Å². The van der Waals surface area contributed by atoms with E-state index in [1.54, 1.807) is 0 Å². The van der Waals surface area contributed by atoms with Crippen molar-refractivity contribution in [2.45, 2.75) is 46.6 Å². The minimum Gasteiger partial charge on any atom is -0.317 e. The molecule has 20 heavy (non-hydrogen) atoms. The van der Waals surface area contributed by atoms with E-state index in [0.29, 0.717) is 6.04 Å². The highest BCUT2D eigenvalue weighted by Crippen LogP contribution is 2.27. The summed E-state index contributed by atoms with van der Waals surface area (Å²) in [7, 11) is 2.04. The lowest BCUT2D eigenvalue weighted by Gasteiger charge is -2.33. The molecule has 1 atom stereocenters. The van der Waals surface area contributed by atoms with Gasteiger partial charge in [0.1, 0.15) is 0 Å². The summed E-state index contributed by atoms with van der Waals surface area (Å²) in [5, 5.41) is 8.03. The summed E-state index contributed by atoms with van der Waals surface area (Å²) in [6.45, 7) is 13.6. The molecule has 114 valence electrons. The van der Waals surface area contributed by atoms with Crippen LogP contribution in [0, 0.1) is 19.8 Å². The van der Waals surface area contributed by atoms with Crippen LogP contribution in [0.2, 0.25) is 0 Å². The zero-order valence-electron chi connectivity index (χ0n) is 13.7. The molecule has 2 rings (SSSR count). The molecule has 1 aromatic heterocycles. The molecule has 4 nitrogen and oxygen atoms in total. The van der Waals surface area contributed by atoms with Crippen molar-refractivity contribution >= 4 is 0 Å². The molecule has 1 N–H and O–H groups in total. The topological polar surface area (TPSA) is 33.1 Å². The summed E-state index contributed by atoms with van der Waals surface area (Å²) in [6, 6.07) is 0.462. The van der Waals surface area contributed by atoms with Crippen molar-refractivity contribution in [3.05, 3.63) is 17.0 Å². The standard InChI is InChI=1S/C16H30N4/c1-6-20(11-15-7-9-17-10-8-15)14(4)16-12(2)18-19(5)13(16)3/h14-15,17H,6-11H2,1-5H3. The van der Waals surface area contributed by atoms with Crippen LogP contribution in [0.1, 0.15) is 49.7 Å². The van der Waals surface area contributed by atoms with Gasteiger partial charge in [0.2, 0.25) is 0 Å². The second-order valence-electron chi connectivity index (χ2n) is 6.17. The van der Waals surface area contributed by atoms with Gasteiger partial charge < -0.3 is 5.32 Å². The molecular weight excluding hydrogens is 248 g/mol. The Morgan fingerprint density at radius 1 is 1.35 bits per heavy atom. The Hall–Kier alpha value is -0.870. The maximum atomic E-state index is 4.58. The summed E-state index contributed by atoms with van der Waals surface area (Å²) in [6.07, 6.45) is 2.63. The number of piperidine rings is 1. The molecule has 0 spiro atoms. The molecule has 1 fully saturated rings. The molecule has 2 heterocycles. The van der Waals surface area contributed by atoms with Gasteiger partial charge in [-0.3, -0.25) is 9.58 Å². The summed E-state index contributed by atoms with van der Waals surface area (Å²) in [5.41, 5.74) is 3.91. The molecule has 1 aliphatic heterocycles. The van der Waals surface area contributed by atoms with E-state index in [1.807, 2.05) is 11.7 Å². The van der Waals surface area contributed by atoms with E-state index in [-0.39, 0.29) is 0 Å². The van der Waals surface area contributed by atoms with Crippen LogP contribution in [0.3, 0.4) is 0 Å². The van der Waals surface area contributed by atoms with E-state index >= 15 is 0 Å². The van der Waals surface area contributed by atoms with Crippen LogP contribution >= 0.6 is 0 Å². The Labute approximate surface area is 123 Å². The highest BCUT2D eigenvalue weighted by atomic mass is 15.3. The fourth-order valence-electron chi connectivity index (χ4n) is 3.53. The molecule has 0 amide bonds. The molecule has 1 saturated heterocycles. The van der Waals surface area contributed by atoms with Gasteiger partial charge in [-0.2, -0.15) is 5.10 Å². The number of nitrogens with one attached hydrogen (secondary N) is 1. The van der Waals surface area contributed by atoms with Gasteiger partial charge in [0.15, 0.2) is 0 Å². The number of hydrogen-bond donors (Lipinski definition) is 1. The molecule has 0 saturated carbocycles. The molecule has 0 radical (unpaired) electrons. The zero-order valence-corrected chi connectivity index (χ0v) is 13.7. The van der Waals surface area contributed by atoms with Crippen molar-refractivity contribution in [1.29, 1.82) is 0 Å². The van der Waals surface area contributed by atoms with Gasteiger partial charge in [0, 0.05) is 30.9 Å². The lowest BCUT2D eigenvalue weighted by atomic mass is 9.95. The minimum absolute atomic E-state index is 0.462. The molecule has 1 aromatic rings. The van der Waals surface area contributed by atoms with Crippen molar-refractivity contribution in [2.75, 3.05) is 26.2 Å². The summed E-state index contributed by atoms with van der Waals surface area (Å²) in [5.74, 6) is 0.843.